The minimum Gasteiger partial charge on any atom is -0.511 e. The lowest BCUT2D eigenvalue weighted by Gasteiger charge is -2.61. The zero-order chi connectivity index (χ0) is 47.8. The molecule has 6 nitrogen and oxygen atoms in total. The average Bonchev–Trinajstić information content (AvgIpc) is 3.27. The summed E-state index contributed by atoms with van der Waals surface area (Å²) in [6.45, 7) is 21.6. The number of carbonyl (C=O) groups is 3. The predicted molar refractivity (Wildman–Crippen MR) is 275 cm³/mol. The molecular formula is C59H98N2O4. The summed E-state index contributed by atoms with van der Waals surface area (Å²) in [5, 5.41) is 19.6. The normalized spacial score (nSPS) is 28.0. The van der Waals surface area contributed by atoms with Crippen molar-refractivity contribution in [3.05, 3.63) is 57.9 Å². The first-order chi connectivity index (χ1) is 30.9. The molecule has 6 aliphatic carbocycles. The molecule has 5 saturated carbocycles. The van der Waals surface area contributed by atoms with E-state index in [4.69, 9.17) is 0 Å². The second-order valence-electron chi connectivity index (χ2n) is 23.1. The lowest BCUT2D eigenvalue weighted by atomic mass is 9.38. The Labute approximate surface area is 399 Å². The molecule has 2 bridgehead atoms. The van der Waals surface area contributed by atoms with Crippen molar-refractivity contribution in [2.75, 3.05) is 0 Å². The highest BCUT2D eigenvalue weighted by Crippen LogP contribution is 2.67. The van der Waals surface area contributed by atoms with Gasteiger partial charge in [-0.3, -0.25) is 14.4 Å². The van der Waals surface area contributed by atoms with Crippen molar-refractivity contribution in [2.24, 2.45) is 28.1 Å². The van der Waals surface area contributed by atoms with E-state index in [1.54, 1.807) is 13.8 Å². The molecule has 0 aromatic heterocycles. The quantitative estimate of drug-likeness (QED) is 0.112. The van der Waals surface area contributed by atoms with Crippen molar-refractivity contribution in [1.29, 1.82) is 0 Å². The van der Waals surface area contributed by atoms with Gasteiger partial charge in [0, 0.05) is 35.7 Å². The summed E-state index contributed by atoms with van der Waals surface area (Å²) in [6, 6.07) is 3.49. The lowest BCUT2D eigenvalue weighted by molar-refractivity contribution is -0.180. The number of hydrogen-bond acceptors (Lipinski definition) is 6. The molecule has 6 heteroatoms. The van der Waals surface area contributed by atoms with Crippen LogP contribution in [0.25, 0.3) is 0 Å². The van der Waals surface area contributed by atoms with Crippen molar-refractivity contribution in [1.82, 2.24) is 10.6 Å². The van der Waals surface area contributed by atoms with Crippen LogP contribution in [-0.4, -0.2) is 46.6 Å². The van der Waals surface area contributed by atoms with Gasteiger partial charge in [-0.15, -0.1) is 0 Å². The van der Waals surface area contributed by atoms with Crippen LogP contribution in [0.15, 0.2) is 57.9 Å². The fourth-order valence-electron chi connectivity index (χ4n) is 12.5. The zero-order valence-electron chi connectivity index (χ0n) is 43.8. The molecular weight excluding hydrogens is 801 g/mol. The Morgan fingerprint density at radius 1 is 0.615 bits per heavy atom. The van der Waals surface area contributed by atoms with E-state index >= 15 is 0 Å². The maximum Gasteiger partial charge on any atom is 0.184 e. The van der Waals surface area contributed by atoms with Crippen LogP contribution in [0.1, 0.15) is 243 Å². The second kappa shape index (κ2) is 26.3. The van der Waals surface area contributed by atoms with Crippen LogP contribution in [-0.2, 0) is 14.4 Å². The highest BCUT2D eigenvalue weighted by molar-refractivity contribution is 6.33. The zero-order valence-corrected chi connectivity index (χ0v) is 43.8. The van der Waals surface area contributed by atoms with Crippen molar-refractivity contribution in [3.63, 3.8) is 0 Å². The van der Waals surface area contributed by atoms with E-state index in [1.807, 2.05) is 74.5 Å². The van der Waals surface area contributed by atoms with Gasteiger partial charge in [-0.05, 0) is 157 Å². The number of nitrogens with one attached hydrogen (secondary N) is 2. The van der Waals surface area contributed by atoms with E-state index in [0.717, 1.165) is 40.9 Å². The second-order valence-corrected chi connectivity index (χ2v) is 23.1. The van der Waals surface area contributed by atoms with Crippen LogP contribution < -0.4 is 10.6 Å². The predicted octanol–water partition coefficient (Wildman–Crippen LogP) is 15.5. The fourth-order valence-corrected chi connectivity index (χ4v) is 12.5. The maximum atomic E-state index is 15.0. The number of allylic oxidation sites excluding steroid dienone is 10. The number of carbonyl (C=O) groups excluding carboxylic acids is 3. The van der Waals surface area contributed by atoms with Crippen molar-refractivity contribution in [2.45, 2.75) is 267 Å². The van der Waals surface area contributed by atoms with Gasteiger partial charge >= 0.3 is 0 Å². The number of aliphatic hydroxyl groups excluding tert-OH is 1. The topological polar surface area (TPSA) is 95.5 Å². The van der Waals surface area contributed by atoms with Crippen LogP contribution in [0, 0.1) is 28.1 Å². The molecule has 4 atom stereocenters. The third-order valence-corrected chi connectivity index (χ3v) is 16.3. The van der Waals surface area contributed by atoms with E-state index in [9.17, 15) is 19.5 Å². The molecule has 0 aliphatic heterocycles. The van der Waals surface area contributed by atoms with Gasteiger partial charge in [0.2, 0.25) is 0 Å². The molecule has 3 N–H and O–H groups in total. The van der Waals surface area contributed by atoms with E-state index in [1.165, 1.54) is 134 Å². The highest BCUT2D eigenvalue weighted by Gasteiger charge is 2.75. The summed E-state index contributed by atoms with van der Waals surface area (Å²) in [6.07, 6.45) is 40.1. The fraction of sp³-hybridized carbons (Fsp3) is 0.780. The molecule has 0 amide bonds. The van der Waals surface area contributed by atoms with Crippen LogP contribution >= 0.6 is 0 Å². The number of aliphatic hydroxyl groups is 1. The number of ketones is 3. The smallest absolute Gasteiger partial charge is 0.184 e. The first-order valence-corrected chi connectivity index (χ1v) is 27.0. The third-order valence-electron chi connectivity index (χ3n) is 16.3. The molecule has 0 saturated heterocycles. The SMILES string of the molecule is C1CCC(NC2CCCCC2)CC1.C1CCC(NC2CCCCC2)CC1.CC(C)=CCC[C@]1(C)C(CC=C(C)C)C[C@@]2(CC=C(C)C)C(=O)[C@]1(C(=O)C(C)C)C(=O)C(CC=C(C)C)=C2O. The summed E-state index contributed by atoms with van der Waals surface area (Å²) in [7, 11) is 0. The van der Waals surface area contributed by atoms with Crippen molar-refractivity contribution >= 4 is 17.3 Å². The Morgan fingerprint density at radius 3 is 1.38 bits per heavy atom. The molecule has 1 unspecified atom stereocenters. The van der Waals surface area contributed by atoms with Crippen LogP contribution in [0.3, 0.4) is 0 Å². The summed E-state index contributed by atoms with van der Waals surface area (Å²) >= 11 is 0. The number of rotatable bonds is 15. The van der Waals surface area contributed by atoms with Gasteiger partial charge in [-0.2, -0.15) is 0 Å². The molecule has 0 radical (unpaired) electrons. The van der Waals surface area contributed by atoms with E-state index in [2.05, 4.69) is 22.8 Å². The maximum absolute atomic E-state index is 15.0. The molecule has 6 rings (SSSR count). The molecule has 0 heterocycles. The summed E-state index contributed by atoms with van der Waals surface area (Å²) in [4.78, 5) is 44.3. The van der Waals surface area contributed by atoms with Crippen molar-refractivity contribution < 1.29 is 19.5 Å². The summed E-state index contributed by atoms with van der Waals surface area (Å²) in [5.41, 5.74) is 0.583. The first kappa shape index (κ1) is 55.0. The third kappa shape index (κ3) is 14.5. The van der Waals surface area contributed by atoms with Crippen molar-refractivity contribution in [3.8, 4) is 0 Å². The van der Waals surface area contributed by atoms with Crippen LogP contribution in [0.5, 0.6) is 0 Å². The number of fused-ring (bicyclic) bond motifs is 2. The van der Waals surface area contributed by atoms with E-state index in [-0.39, 0.29) is 41.7 Å². The standard InChI is InChI=1S/C35H52O4.2C12H23N/c1-22(2)13-12-19-33(11)27(16-14-23(3)4)21-34(20-18-25(7)8)30(37)28(17-15-24(5)6)31(38)35(33,32(34)39)29(36)26(9)10;2*1-3-7-11(8-4-1)13-12-9-5-2-6-10-12/h13-15,18,26-27,37H,12,16-17,19-21H2,1-11H3;2*11-13H,1-10H2/t27?,33-,34-,35+;;/m1../s1. The monoisotopic (exact) mass is 899 g/mol. The molecule has 5 fully saturated rings. The van der Waals surface area contributed by atoms with Gasteiger partial charge in [0.25, 0.3) is 0 Å². The average molecular weight is 899 g/mol. The Balaban J connectivity index is 0.000000282. The molecule has 0 aromatic carbocycles. The Kier molecular flexibility index (Phi) is 22.2. The number of Topliss-reactive ketones (excluding diaryl/α,β-unsaturated/α-hetero) is 3. The molecule has 6 aliphatic rings. The Hall–Kier alpha value is -2.57. The number of hydrogen-bond donors (Lipinski definition) is 3. The van der Waals surface area contributed by atoms with Crippen LogP contribution in [0.2, 0.25) is 0 Å². The van der Waals surface area contributed by atoms with Gasteiger partial charge in [0.1, 0.15) is 5.76 Å². The molecule has 65 heavy (non-hydrogen) atoms. The minimum absolute atomic E-state index is 0.117. The molecule has 0 aromatic rings. The first-order valence-electron chi connectivity index (χ1n) is 27.0. The summed E-state index contributed by atoms with van der Waals surface area (Å²) in [5.74, 6) is -1.93. The lowest BCUT2D eigenvalue weighted by Crippen LogP contribution is -2.71. The Morgan fingerprint density at radius 2 is 1.02 bits per heavy atom. The van der Waals surface area contributed by atoms with E-state index < -0.39 is 27.9 Å². The largest absolute Gasteiger partial charge is 0.511 e. The molecule has 368 valence electrons. The van der Waals surface area contributed by atoms with Gasteiger partial charge in [0.15, 0.2) is 22.8 Å². The minimum atomic E-state index is -1.83. The van der Waals surface area contributed by atoms with Gasteiger partial charge in [0.05, 0.1) is 5.41 Å². The highest BCUT2D eigenvalue weighted by atomic mass is 16.3. The van der Waals surface area contributed by atoms with Gasteiger partial charge in [-0.1, -0.05) is 144 Å². The van der Waals surface area contributed by atoms with Crippen LogP contribution in [0.4, 0.5) is 0 Å². The summed E-state index contributed by atoms with van der Waals surface area (Å²) < 4.78 is 0. The van der Waals surface area contributed by atoms with Gasteiger partial charge in [-0.25, -0.2) is 0 Å². The Bertz CT molecular complexity index is 1620. The molecule has 0 spiro atoms. The van der Waals surface area contributed by atoms with E-state index in [0.29, 0.717) is 25.7 Å². The van der Waals surface area contributed by atoms with Gasteiger partial charge < -0.3 is 15.7 Å².